The number of rotatable bonds is 2. The molecule has 36 heavy (non-hydrogen) atoms. The van der Waals surface area contributed by atoms with Crippen molar-refractivity contribution >= 4 is 54.3 Å². The number of hydrogen-bond donors (Lipinski definition) is 0. The summed E-state index contributed by atoms with van der Waals surface area (Å²) in [6.45, 7) is 0. The maximum absolute atomic E-state index is 4.52. The number of nitrogens with zero attached hydrogens (tertiary/aromatic N) is 3. The molecule has 3 nitrogen and oxygen atoms in total. The van der Waals surface area contributed by atoms with Gasteiger partial charge in [0.2, 0.25) is 0 Å². The van der Waals surface area contributed by atoms with E-state index in [0.717, 1.165) is 11.1 Å². The first-order valence-corrected chi connectivity index (χ1v) is 12.2. The molecule has 0 aliphatic rings. The lowest BCUT2D eigenvalue weighted by molar-refractivity contribution is 1.12. The van der Waals surface area contributed by atoms with Gasteiger partial charge in [0.05, 0.1) is 28.4 Å². The quantitative estimate of drug-likeness (QED) is 0.254. The molecule has 0 amide bonds. The molecule has 0 saturated carbocycles. The van der Waals surface area contributed by atoms with Crippen molar-refractivity contribution in [3.05, 3.63) is 128 Å². The van der Waals surface area contributed by atoms with Crippen LogP contribution in [0.5, 0.6) is 0 Å². The first-order chi connectivity index (χ1) is 17.9. The second-order valence-electron chi connectivity index (χ2n) is 9.31. The van der Waals surface area contributed by atoms with Gasteiger partial charge >= 0.3 is 0 Å². The van der Waals surface area contributed by atoms with Crippen LogP contribution in [0, 0.1) is 0 Å². The van der Waals surface area contributed by atoms with E-state index in [4.69, 9.17) is 0 Å². The summed E-state index contributed by atoms with van der Waals surface area (Å²) < 4.78 is 4.67. The molecule has 5 aromatic carbocycles. The van der Waals surface area contributed by atoms with Crippen LogP contribution in [-0.4, -0.2) is 14.1 Å². The maximum Gasteiger partial charge on any atom is 0.0718 e. The van der Waals surface area contributed by atoms with Gasteiger partial charge in [0, 0.05) is 50.4 Å². The van der Waals surface area contributed by atoms with Crippen LogP contribution in [0.2, 0.25) is 0 Å². The summed E-state index contributed by atoms with van der Waals surface area (Å²) in [5, 5.41) is 8.65. The topological polar surface area (TPSA) is 22.8 Å². The fourth-order valence-electron chi connectivity index (χ4n) is 5.84. The molecule has 3 aromatic heterocycles. The molecule has 3 heteroatoms. The van der Waals surface area contributed by atoms with Crippen LogP contribution >= 0.6 is 0 Å². The number of benzene rings is 5. The first kappa shape index (κ1) is 19.4. The average Bonchev–Trinajstić information content (AvgIpc) is 3.53. The van der Waals surface area contributed by atoms with Crippen molar-refractivity contribution in [1.29, 1.82) is 0 Å². The van der Waals surface area contributed by atoms with Gasteiger partial charge in [-0.2, -0.15) is 0 Å². The number of fused-ring (bicyclic) bond motifs is 8. The standard InChI is InChI=1S/C33H21N3/c1-2-9-23(10-3-1)36-31-13-7-6-12-26(31)29-15-14-25-27-18-19-35(30(27)17-16-28(25)33(29)36)32-21-34-20-22-8-4-5-11-24(22)32/h1-21H. The van der Waals surface area contributed by atoms with Crippen molar-refractivity contribution in [1.82, 2.24) is 14.1 Å². The zero-order chi connectivity index (χ0) is 23.6. The monoisotopic (exact) mass is 459 g/mol. The van der Waals surface area contributed by atoms with Crippen molar-refractivity contribution in [2.75, 3.05) is 0 Å². The SMILES string of the molecule is c1ccc(-n2c3ccccc3c3ccc4c5ccn(-c6cncc7ccccc67)c5ccc4c32)cc1. The molecule has 0 saturated heterocycles. The van der Waals surface area contributed by atoms with Crippen LogP contribution < -0.4 is 0 Å². The van der Waals surface area contributed by atoms with Gasteiger partial charge < -0.3 is 9.13 Å². The Morgan fingerprint density at radius 2 is 1.17 bits per heavy atom. The lowest BCUT2D eigenvalue weighted by atomic mass is 10.0. The molecule has 0 atom stereocenters. The highest BCUT2D eigenvalue weighted by Crippen LogP contribution is 2.39. The molecule has 0 spiro atoms. The summed E-state index contributed by atoms with van der Waals surface area (Å²) in [5.74, 6) is 0. The Balaban J connectivity index is 1.48. The van der Waals surface area contributed by atoms with Crippen molar-refractivity contribution in [3.63, 3.8) is 0 Å². The van der Waals surface area contributed by atoms with Crippen LogP contribution in [0.25, 0.3) is 65.6 Å². The van der Waals surface area contributed by atoms with E-state index in [0.29, 0.717) is 0 Å². The third kappa shape index (κ3) is 2.60. The molecule has 3 heterocycles. The summed E-state index contributed by atoms with van der Waals surface area (Å²) in [6, 6.07) is 39.2. The number of para-hydroxylation sites is 2. The summed E-state index contributed by atoms with van der Waals surface area (Å²) in [4.78, 5) is 4.52. The van der Waals surface area contributed by atoms with E-state index in [1.807, 2.05) is 12.4 Å². The second kappa shape index (κ2) is 7.30. The van der Waals surface area contributed by atoms with Gasteiger partial charge in [-0.25, -0.2) is 0 Å². The molecule has 8 aromatic rings. The molecule has 0 radical (unpaired) electrons. The van der Waals surface area contributed by atoms with Crippen molar-refractivity contribution < 1.29 is 0 Å². The number of aromatic nitrogens is 3. The van der Waals surface area contributed by atoms with Crippen molar-refractivity contribution in [3.8, 4) is 11.4 Å². The minimum absolute atomic E-state index is 1.10. The lowest BCUT2D eigenvalue weighted by Gasteiger charge is -2.12. The van der Waals surface area contributed by atoms with Crippen LogP contribution in [0.15, 0.2) is 128 Å². The Bertz CT molecular complexity index is 2090. The molecule has 168 valence electrons. The van der Waals surface area contributed by atoms with E-state index in [2.05, 4.69) is 130 Å². The van der Waals surface area contributed by atoms with E-state index in [1.165, 1.54) is 54.6 Å². The van der Waals surface area contributed by atoms with E-state index in [1.54, 1.807) is 0 Å². The Morgan fingerprint density at radius 1 is 0.472 bits per heavy atom. The minimum Gasteiger partial charge on any atom is -0.314 e. The van der Waals surface area contributed by atoms with Gasteiger partial charge in [-0.3, -0.25) is 4.98 Å². The highest BCUT2D eigenvalue weighted by atomic mass is 15.0. The number of hydrogen-bond acceptors (Lipinski definition) is 1. The molecule has 0 N–H and O–H groups in total. The molecule has 0 fully saturated rings. The molecular formula is C33H21N3. The van der Waals surface area contributed by atoms with Crippen LogP contribution in [0.1, 0.15) is 0 Å². The normalized spacial score (nSPS) is 11.9. The van der Waals surface area contributed by atoms with Crippen molar-refractivity contribution in [2.24, 2.45) is 0 Å². The van der Waals surface area contributed by atoms with Crippen molar-refractivity contribution in [2.45, 2.75) is 0 Å². The maximum atomic E-state index is 4.52. The van der Waals surface area contributed by atoms with E-state index < -0.39 is 0 Å². The summed E-state index contributed by atoms with van der Waals surface area (Å²) in [6.07, 6.45) is 6.06. The Labute approximate surface area is 207 Å². The predicted molar refractivity (Wildman–Crippen MR) is 150 cm³/mol. The largest absolute Gasteiger partial charge is 0.314 e. The van der Waals surface area contributed by atoms with Gasteiger partial charge in [-0.05, 0) is 35.7 Å². The Kier molecular flexibility index (Phi) is 3.94. The summed E-state index contributed by atoms with van der Waals surface area (Å²) in [7, 11) is 0. The zero-order valence-electron chi connectivity index (χ0n) is 19.5. The minimum atomic E-state index is 1.10. The fourth-order valence-corrected chi connectivity index (χ4v) is 5.84. The highest BCUT2D eigenvalue weighted by Gasteiger charge is 2.17. The zero-order valence-corrected chi connectivity index (χ0v) is 19.5. The van der Waals surface area contributed by atoms with Crippen LogP contribution in [0.4, 0.5) is 0 Å². The number of pyridine rings is 1. The van der Waals surface area contributed by atoms with Gasteiger partial charge in [0.1, 0.15) is 0 Å². The van der Waals surface area contributed by atoms with E-state index in [-0.39, 0.29) is 0 Å². The molecule has 0 aliphatic carbocycles. The molecule has 8 rings (SSSR count). The van der Waals surface area contributed by atoms with Gasteiger partial charge in [-0.15, -0.1) is 0 Å². The lowest BCUT2D eigenvalue weighted by Crippen LogP contribution is -1.95. The average molecular weight is 460 g/mol. The fraction of sp³-hybridized carbons (Fsp3) is 0. The van der Waals surface area contributed by atoms with Gasteiger partial charge in [0.15, 0.2) is 0 Å². The second-order valence-corrected chi connectivity index (χ2v) is 9.31. The summed E-state index contributed by atoms with van der Waals surface area (Å²) >= 11 is 0. The predicted octanol–water partition coefficient (Wildman–Crippen LogP) is 8.43. The van der Waals surface area contributed by atoms with E-state index >= 15 is 0 Å². The van der Waals surface area contributed by atoms with Crippen LogP contribution in [0.3, 0.4) is 0 Å². The summed E-state index contributed by atoms with van der Waals surface area (Å²) in [5.41, 5.74) is 5.94. The van der Waals surface area contributed by atoms with E-state index in [9.17, 15) is 0 Å². The molecule has 0 unspecified atom stereocenters. The van der Waals surface area contributed by atoms with Gasteiger partial charge in [-0.1, -0.05) is 78.9 Å². The third-order valence-corrected chi connectivity index (χ3v) is 7.42. The van der Waals surface area contributed by atoms with Gasteiger partial charge in [0.25, 0.3) is 0 Å². The molecular weight excluding hydrogens is 438 g/mol. The highest BCUT2D eigenvalue weighted by molar-refractivity contribution is 6.23. The first-order valence-electron chi connectivity index (χ1n) is 12.2. The Morgan fingerprint density at radius 3 is 2.08 bits per heavy atom. The molecule has 0 aliphatic heterocycles. The van der Waals surface area contributed by atoms with Crippen LogP contribution in [-0.2, 0) is 0 Å². The molecule has 0 bridgehead atoms. The third-order valence-electron chi connectivity index (χ3n) is 7.42. The Hall–Kier alpha value is -4.89. The smallest absolute Gasteiger partial charge is 0.0718 e.